The van der Waals surface area contributed by atoms with E-state index < -0.39 is 0 Å². The van der Waals surface area contributed by atoms with E-state index in [4.69, 9.17) is 0 Å². The molecule has 1 saturated heterocycles. The Balaban J connectivity index is 1.75. The Morgan fingerprint density at radius 1 is 1.50 bits per heavy atom. The number of aromatic nitrogens is 2. The first-order valence-corrected chi connectivity index (χ1v) is 8.31. The van der Waals surface area contributed by atoms with Gasteiger partial charge in [-0.05, 0) is 49.3 Å². The van der Waals surface area contributed by atoms with E-state index in [-0.39, 0.29) is 0 Å². The summed E-state index contributed by atoms with van der Waals surface area (Å²) in [6.07, 6.45) is 5.81. The number of hydrogen-bond acceptors (Lipinski definition) is 3. The molecule has 1 aromatic rings. The van der Waals surface area contributed by atoms with E-state index in [9.17, 15) is 0 Å². The van der Waals surface area contributed by atoms with Crippen LogP contribution < -0.4 is 5.32 Å². The molecule has 1 fully saturated rings. The SMILES string of the molecule is CCC(CC)n1ccc(CNCC2CCSC2)n1. The topological polar surface area (TPSA) is 29.9 Å². The Labute approximate surface area is 115 Å². The van der Waals surface area contributed by atoms with E-state index in [1.165, 1.54) is 23.6 Å². The highest BCUT2D eigenvalue weighted by molar-refractivity contribution is 7.99. The molecule has 3 nitrogen and oxygen atoms in total. The lowest BCUT2D eigenvalue weighted by Crippen LogP contribution is -2.22. The summed E-state index contributed by atoms with van der Waals surface area (Å²) in [4.78, 5) is 0. The van der Waals surface area contributed by atoms with Crippen LogP contribution in [0.25, 0.3) is 0 Å². The molecule has 1 unspecified atom stereocenters. The van der Waals surface area contributed by atoms with Gasteiger partial charge in [0.2, 0.25) is 0 Å². The molecule has 18 heavy (non-hydrogen) atoms. The van der Waals surface area contributed by atoms with Crippen molar-refractivity contribution >= 4 is 11.8 Å². The zero-order chi connectivity index (χ0) is 12.8. The van der Waals surface area contributed by atoms with Crippen LogP contribution in [-0.4, -0.2) is 27.8 Å². The first-order valence-electron chi connectivity index (χ1n) is 7.16. The molecule has 0 radical (unpaired) electrons. The summed E-state index contributed by atoms with van der Waals surface area (Å²) in [5, 5.41) is 8.21. The first kappa shape index (κ1) is 13.9. The van der Waals surface area contributed by atoms with Gasteiger partial charge in [-0.2, -0.15) is 16.9 Å². The Morgan fingerprint density at radius 3 is 3.00 bits per heavy atom. The monoisotopic (exact) mass is 267 g/mol. The van der Waals surface area contributed by atoms with Crippen LogP contribution in [0.1, 0.15) is 44.8 Å². The molecule has 0 amide bonds. The number of nitrogens with zero attached hydrogens (tertiary/aromatic N) is 2. The van der Waals surface area contributed by atoms with Crippen LogP contribution in [0.15, 0.2) is 12.3 Å². The van der Waals surface area contributed by atoms with Crippen molar-refractivity contribution in [2.24, 2.45) is 5.92 Å². The average molecular weight is 267 g/mol. The van der Waals surface area contributed by atoms with Crippen LogP contribution in [0, 0.1) is 5.92 Å². The third kappa shape index (κ3) is 3.75. The van der Waals surface area contributed by atoms with Gasteiger partial charge >= 0.3 is 0 Å². The zero-order valence-electron chi connectivity index (χ0n) is 11.6. The number of thioether (sulfide) groups is 1. The maximum absolute atomic E-state index is 4.67. The van der Waals surface area contributed by atoms with E-state index in [1.807, 2.05) is 0 Å². The number of nitrogens with one attached hydrogen (secondary N) is 1. The van der Waals surface area contributed by atoms with Crippen LogP contribution in [0.5, 0.6) is 0 Å². The molecule has 102 valence electrons. The highest BCUT2D eigenvalue weighted by Crippen LogP contribution is 2.22. The minimum Gasteiger partial charge on any atom is -0.311 e. The van der Waals surface area contributed by atoms with Crippen molar-refractivity contribution < 1.29 is 0 Å². The van der Waals surface area contributed by atoms with Gasteiger partial charge in [0.05, 0.1) is 11.7 Å². The summed E-state index contributed by atoms with van der Waals surface area (Å²) < 4.78 is 2.13. The third-order valence-corrected chi connectivity index (χ3v) is 4.97. The molecule has 2 rings (SSSR count). The Hall–Kier alpha value is -0.480. The second-order valence-corrected chi connectivity index (χ2v) is 6.27. The molecule has 1 aliphatic rings. The molecule has 4 heteroatoms. The summed E-state index contributed by atoms with van der Waals surface area (Å²) in [6.45, 7) is 6.51. The zero-order valence-corrected chi connectivity index (χ0v) is 12.4. The highest BCUT2D eigenvalue weighted by atomic mass is 32.2. The Bertz CT molecular complexity index is 341. The molecule has 0 bridgehead atoms. The van der Waals surface area contributed by atoms with E-state index >= 15 is 0 Å². The van der Waals surface area contributed by atoms with Gasteiger partial charge in [0.1, 0.15) is 0 Å². The molecule has 0 aliphatic carbocycles. The van der Waals surface area contributed by atoms with Gasteiger partial charge in [-0.1, -0.05) is 13.8 Å². The fraction of sp³-hybridized carbons (Fsp3) is 0.786. The lowest BCUT2D eigenvalue weighted by molar-refractivity contribution is 0.423. The smallest absolute Gasteiger partial charge is 0.0762 e. The summed E-state index contributed by atoms with van der Waals surface area (Å²) in [5.74, 6) is 3.54. The van der Waals surface area contributed by atoms with Gasteiger partial charge in [-0.25, -0.2) is 0 Å². The van der Waals surface area contributed by atoms with Gasteiger partial charge in [0.15, 0.2) is 0 Å². The van der Waals surface area contributed by atoms with Gasteiger partial charge in [0, 0.05) is 12.7 Å². The molecule has 0 spiro atoms. The quantitative estimate of drug-likeness (QED) is 0.823. The van der Waals surface area contributed by atoms with Crippen molar-refractivity contribution in [3.63, 3.8) is 0 Å². The van der Waals surface area contributed by atoms with Crippen LogP contribution in [0.3, 0.4) is 0 Å². The molecular weight excluding hydrogens is 242 g/mol. The summed E-state index contributed by atoms with van der Waals surface area (Å²) >= 11 is 2.08. The lowest BCUT2D eigenvalue weighted by Gasteiger charge is -2.12. The predicted molar refractivity (Wildman–Crippen MR) is 79.0 cm³/mol. The lowest BCUT2D eigenvalue weighted by atomic mass is 10.1. The highest BCUT2D eigenvalue weighted by Gasteiger charge is 2.14. The molecule has 1 aliphatic heterocycles. The molecule has 1 N–H and O–H groups in total. The van der Waals surface area contributed by atoms with Crippen molar-refractivity contribution in [2.75, 3.05) is 18.1 Å². The van der Waals surface area contributed by atoms with Crippen LogP contribution in [0.2, 0.25) is 0 Å². The van der Waals surface area contributed by atoms with E-state index in [0.717, 1.165) is 31.8 Å². The molecule has 1 aromatic heterocycles. The van der Waals surface area contributed by atoms with E-state index in [2.05, 4.69) is 53.0 Å². The molecule has 0 saturated carbocycles. The van der Waals surface area contributed by atoms with Gasteiger partial charge in [-0.15, -0.1) is 0 Å². The summed E-state index contributed by atoms with van der Waals surface area (Å²) in [6, 6.07) is 2.71. The fourth-order valence-corrected chi connectivity index (χ4v) is 3.77. The minimum atomic E-state index is 0.560. The fourth-order valence-electron chi connectivity index (χ4n) is 2.49. The Kier molecular flexibility index (Phi) is 5.57. The third-order valence-electron chi connectivity index (χ3n) is 3.74. The molecule has 2 heterocycles. The second kappa shape index (κ2) is 7.19. The first-order chi connectivity index (χ1) is 8.83. The standard InChI is InChI=1S/C14H25N3S/c1-3-14(4-2)17-7-5-13(16-17)10-15-9-12-6-8-18-11-12/h5,7,12,14-15H,3-4,6,8-11H2,1-2H3. The van der Waals surface area contributed by atoms with Gasteiger partial charge < -0.3 is 5.32 Å². The van der Waals surface area contributed by atoms with Crippen molar-refractivity contribution in [1.29, 1.82) is 0 Å². The number of rotatable bonds is 7. The van der Waals surface area contributed by atoms with Crippen molar-refractivity contribution in [1.82, 2.24) is 15.1 Å². The summed E-state index contributed by atoms with van der Waals surface area (Å²) in [5.41, 5.74) is 1.17. The van der Waals surface area contributed by atoms with Crippen molar-refractivity contribution in [3.05, 3.63) is 18.0 Å². The van der Waals surface area contributed by atoms with Crippen molar-refractivity contribution in [2.45, 2.75) is 45.7 Å². The molecule has 0 aromatic carbocycles. The van der Waals surface area contributed by atoms with E-state index in [1.54, 1.807) is 0 Å². The normalized spacial score (nSPS) is 19.8. The average Bonchev–Trinajstić information content (AvgIpc) is 3.03. The molecular formula is C14H25N3S. The van der Waals surface area contributed by atoms with Gasteiger partial charge in [-0.3, -0.25) is 4.68 Å². The van der Waals surface area contributed by atoms with Crippen LogP contribution >= 0.6 is 11.8 Å². The number of hydrogen-bond donors (Lipinski definition) is 1. The predicted octanol–water partition coefficient (Wildman–Crippen LogP) is 3.09. The summed E-state index contributed by atoms with van der Waals surface area (Å²) in [7, 11) is 0. The maximum Gasteiger partial charge on any atom is 0.0762 e. The minimum absolute atomic E-state index is 0.560. The largest absolute Gasteiger partial charge is 0.311 e. The van der Waals surface area contributed by atoms with Crippen LogP contribution in [-0.2, 0) is 6.54 Å². The van der Waals surface area contributed by atoms with Crippen LogP contribution in [0.4, 0.5) is 0 Å². The second-order valence-electron chi connectivity index (χ2n) is 5.12. The van der Waals surface area contributed by atoms with E-state index in [0.29, 0.717) is 6.04 Å². The Morgan fingerprint density at radius 2 is 2.33 bits per heavy atom. The maximum atomic E-state index is 4.67. The van der Waals surface area contributed by atoms with Crippen molar-refractivity contribution in [3.8, 4) is 0 Å². The van der Waals surface area contributed by atoms with Gasteiger partial charge in [0.25, 0.3) is 0 Å². The molecule has 1 atom stereocenters.